The molecule has 0 atom stereocenters. The molecule has 1 rings (SSSR count). The Kier molecular flexibility index (Phi) is 3.29. The van der Waals surface area contributed by atoms with Crippen molar-refractivity contribution in [2.24, 2.45) is 0 Å². The maximum atomic E-state index is 9.52. The van der Waals surface area contributed by atoms with E-state index in [9.17, 15) is 10.2 Å². The molecule has 5 heteroatoms. The lowest BCUT2D eigenvalue weighted by atomic mass is 10.1. The van der Waals surface area contributed by atoms with Gasteiger partial charge in [-0.2, -0.15) is 0 Å². The van der Waals surface area contributed by atoms with Crippen LogP contribution in [0.15, 0.2) is 17.1 Å². The summed E-state index contributed by atoms with van der Waals surface area (Å²) in [7, 11) is 1.41. The zero-order valence-electron chi connectivity index (χ0n) is 7.34. The Morgan fingerprint density at radius 1 is 1.50 bits per heavy atom. The summed E-state index contributed by atoms with van der Waals surface area (Å²) in [5, 5.41) is 19.2. The highest BCUT2D eigenvalue weighted by atomic mass is 79.9. The Morgan fingerprint density at radius 3 is 2.57 bits per heavy atom. The van der Waals surface area contributed by atoms with E-state index in [0.717, 1.165) is 0 Å². The standard InChI is InChI=1S/C9H8BrClO3/c1-4(14-2)5-3-6(11)7(10)9(13)8(5)12/h3,12-13H,1H2,2H3. The number of halogens is 2. The number of phenols is 2. The molecule has 0 amide bonds. The third kappa shape index (κ3) is 1.81. The van der Waals surface area contributed by atoms with E-state index in [1.807, 2.05) is 0 Å². The molecule has 0 fully saturated rings. The smallest absolute Gasteiger partial charge is 0.174 e. The van der Waals surface area contributed by atoms with Crippen molar-refractivity contribution in [1.82, 2.24) is 0 Å². The molecule has 3 nitrogen and oxygen atoms in total. The van der Waals surface area contributed by atoms with Crippen molar-refractivity contribution < 1.29 is 14.9 Å². The van der Waals surface area contributed by atoms with Crippen LogP contribution < -0.4 is 0 Å². The first-order chi connectivity index (χ1) is 6.49. The van der Waals surface area contributed by atoms with Gasteiger partial charge in [-0.3, -0.25) is 0 Å². The molecule has 1 aromatic carbocycles. The van der Waals surface area contributed by atoms with Crippen LogP contribution in [0.3, 0.4) is 0 Å². The summed E-state index contributed by atoms with van der Waals surface area (Å²) in [6, 6.07) is 1.45. The zero-order chi connectivity index (χ0) is 10.9. The Balaban J connectivity index is 3.40. The first-order valence-corrected chi connectivity index (χ1v) is 4.79. The van der Waals surface area contributed by atoms with Crippen LogP contribution in [0.5, 0.6) is 11.5 Å². The lowest BCUT2D eigenvalue weighted by Gasteiger charge is -2.10. The number of phenolic OH excluding ortho intramolecular Hbond substituents is 2. The fourth-order valence-electron chi connectivity index (χ4n) is 0.926. The number of aromatic hydroxyl groups is 2. The van der Waals surface area contributed by atoms with Crippen molar-refractivity contribution >= 4 is 33.3 Å². The van der Waals surface area contributed by atoms with Gasteiger partial charge in [0.1, 0.15) is 5.76 Å². The van der Waals surface area contributed by atoms with Gasteiger partial charge in [-0.15, -0.1) is 0 Å². The Hall–Kier alpha value is -0.870. The summed E-state index contributed by atoms with van der Waals surface area (Å²) < 4.78 is 5.07. The van der Waals surface area contributed by atoms with Crippen LogP contribution in [0, 0.1) is 0 Å². The van der Waals surface area contributed by atoms with E-state index in [-0.39, 0.29) is 32.3 Å². The molecule has 0 bridgehead atoms. The highest BCUT2D eigenvalue weighted by Gasteiger charge is 2.16. The van der Waals surface area contributed by atoms with Crippen molar-refractivity contribution in [1.29, 1.82) is 0 Å². The monoisotopic (exact) mass is 278 g/mol. The molecule has 0 saturated heterocycles. The molecule has 14 heavy (non-hydrogen) atoms. The highest BCUT2D eigenvalue weighted by Crippen LogP contribution is 2.43. The largest absolute Gasteiger partial charge is 0.504 e. The summed E-state index contributed by atoms with van der Waals surface area (Å²) in [6.07, 6.45) is 0. The fraction of sp³-hybridized carbons (Fsp3) is 0.111. The molecule has 0 aliphatic heterocycles. The Bertz CT molecular complexity index is 390. The topological polar surface area (TPSA) is 49.7 Å². The average molecular weight is 280 g/mol. The Labute approximate surface area is 94.7 Å². The first-order valence-electron chi connectivity index (χ1n) is 3.62. The quantitative estimate of drug-likeness (QED) is 0.646. The van der Waals surface area contributed by atoms with Crippen molar-refractivity contribution in [2.75, 3.05) is 7.11 Å². The fourth-order valence-corrected chi connectivity index (χ4v) is 1.43. The van der Waals surface area contributed by atoms with Gasteiger partial charge in [-0.25, -0.2) is 0 Å². The molecule has 76 valence electrons. The van der Waals surface area contributed by atoms with Gasteiger partial charge in [0.25, 0.3) is 0 Å². The molecule has 0 aliphatic carbocycles. The van der Waals surface area contributed by atoms with Crippen LogP contribution in [0.2, 0.25) is 5.02 Å². The van der Waals surface area contributed by atoms with Crippen LogP contribution in [-0.2, 0) is 4.74 Å². The molecule has 0 heterocycles. The molecule has 0 unspecified atom stereocenters. The summed E-state index contributed by atoms with van der Waals surface area (Å²) >= 11 is 8.80. The van der Waals surface area contributed by atoms with Crippen LogP contribution >= 0.6 is 27.5 Å². The molecule has 1 aromatic rings. The minimum atomic E-state index is -0.328. The number of benzene rings is 1. The van der Waals surface area contributed by atoms with Gasteiger partial charge >= 0.3 is 0 Å². The lowest BCUT2D eigenvalue weighted by Crippen LogP contribution is -1.88. The molecular formula is C9H8BrClO3. The predicted molar refractivity (Wildman–Crippen MR) is 58.5 cm³/mol. The molecular weight excluding hydrogens is 271 g/mol. The maximum Gasteiger partial charge on any atom is 0.174 e. The first kappa shape index (κ1) is 11.2. The Morgan fingerprint density at radius 2 is 2.07 bits per heavy atom. The lowest BCUT2D eigenvalue weighted by molar-refractivity contribution is 0.361. The van der Waals surface area contributed by atoms with Crippen LogP contribution in [-0.4, -0.2) is 17.3 Å². The van der Waals surface area contributed by atoms with Crippen LogP contribution in [0.1, 0.15) is 5.56 Å². The van der Waals surface area contributed by atoms with E-state index < -0.39 is 0 Å². The third-order valence-corrected chi connectivity index (χ3v) is 3.04. The van der Waals surface area contributed by atoms with E-state index >= 15 is 0 Å². The molecule has 0 spiro atoms. The third-order valence-electron chi connectivity index (χ3n) is 1.71. The van der Waals surface area contributed by atoms with Gasteiger partial charge in [0.15, 0.2) is 11.5 Å². The van der Waals surface area contributed by atoms with Gasteiger partial charge in [-0.05, 0) is 22.0 Å². The second kappa shape index (κ2) is 4.11. The van der Waals surface area contributed by atoms with E-state index in [0.29, 0.717) is 0 Å². The second-order valence-corrected chi connectivity index (χ2v) is 3.74. The van der Waals surface area contributed by atoms with Crippen molar-refractivity contribution in [3.05, 3.63) is 27.7 Å². The minimum absolute atomic E-state index is 0.229. The van der Waals surface area contributed by atoms with Gasteiger partial charge in [0.05, 0.1) is 22.2 Å². The van der Waals surface area contributed by atoms with Crippen LogP contribution in [0.4, 0.5) is 0 Å². The number of hydrogen-bond acceptors (Lipinski definition) is 3. The summed E-state index contributed by atoms with van der Waals surface area (Å²) in [5.74, 6) is -0.411. The molecule has 0 aromatic heterocycles. The van der Waals surface area contributed by atoms with E-state index in [4.69, 9.17) is 16.3 Å². The number of methoxy groups -OCH3 is 1. The number of ether oxygens (including phenoxy) is 1. The normalized spacial score (nSPS) is 9.93. The maximum absolute atomic E-state index is 9.52. The van der Waals surface area contributed by atoms with Gasteiger partial charge < -0.3 is 14.9 Å². The summed E-state index contributed by atoms with van der Waals surface area (Å²) in [6.45, 7) is 3.55. The van der Waals surface area contributed by atoms with E-state index in [1.165, 1.54) is 13.2 Å². The summed E-state index contributed by atoms with van der Waals surface area (Å²) in [4.78, 5) is 0. The number of hydrogen-bond donors (Lipinski definition) is 2. The molecule has 2 N–H and O–H groups in total. The molecule has 0 saturated carbocycles. The SMILES string of the molecule is C=C(OC)c1cc(Cl)c(Br)c(O)c1O. The molecule has 0 radical (unpaired) electrons. The zero-order valence-corrected chi connectivity index (χ0v) is 9.68. The van der Waals surface area contributed by atoms with Gasteiger partial charge in [0, 0.05) is 0 Å². The van der Waals surface area contributed by atoms with Crippen molar-refractivity contribution in [3.63, 3.8) is 0 Å². The van der Waals surface area contributed by atoms with Gasteiger partial charge in [-0.1, -0.05) is 18.2 Å². The van der Waals surface area contributed by atoms with Gasteiger partial charge in [0.2, 0.25) is 0 Å². The predicted octanol–water partition coefficient (Wildman–Crippen LogP) is 3.13. The average Bonchev–Trinajstić information content (AvgIpc) is 2.19. The highest BCUT2D eigenvalue weighted by molar-refractivity contribution is 9.10. The van der Waals surface area contributed by atoms with Crippen LogP contribution in [0.25, 0.3) is 5.76 Å². The van der Waals surface area contributed by atoms with E-state index in [1.54, 1.807) is 0 Å². The van der Waals surface area contributed by atoms with Crippen molar-refractivity contribution in [2.45, 2.75) is 0 Å². The minimum Gasteiger partial charge on any atom is -0.504 e. The van der Waals surface area contributed by atoms with Crippen molar-refractivity contribution in [3.8, 4) is 11.5 Å². The number of rotatable bonds is 2. The summed E-state index contributed by atoms with van der Waals surface area (Å²) in [5.41, 5.74) is 0.262. The molecule has 0 aliphatic rings. The second-order valence-electron chi connectivity index (χ2n) is 2.54. The van der Waals surface area contributed by atoms with E-state index in [2.05, 4.69) is 22.5 Å².